The lowest BCUT2D eigenvalue weighted by atomic mass is 10.0. The number of amides is 1. The molecule has 152 valence electrons. The van der Waals surface area contributed by atoms with Gasteiger partial charge in [0, 0.05) is 32.1 Å². The van der Waals surface area contributed by atoms with Gasteiger partial charge in [-0.3, -0.25) is 14.7 Å². The molecule has 2 unspecified atom stereocenters. The molecular formula is C23H28N4O2. The van der Waals surface area contributed by atoms with Gasteiger partial charge in [0.25, 0.3) is 5.91 Å². The second kappa shape index (κ2) is 9.20. The Morgan fingerprint density at radius 1 is 1.10 bits per heavy atom. The van der Waals surface area contributed by atoms with Crippen LogP contribution in [-0.2, 0) is 9.53 Å². The lowest BCUT2D eigenvalue weighted by Crippen LogP contribution is -2.48. The summed E-state index contributed by atoms with van der Waals surface area (Å²) in [5.74, 6) is -0.0792. The van der Waals surface area contributed by atoms with E-state index in [0.29, 0.717) is 18.7 Å². The third-order valence-corrected chi connectivity index (χ3v) is 5.60. The van der Waals surface area contributed by atoms with E-state index in [2.05, 4.69) is 29.3 Å². The quantitative estimate of drug-likeness (QED) is 0.821. The number of morpholine rings is 1. The van der Waals surface area contributed by atoms with E-state index in [4.69, 9.17) is 9.84 Å². The number of carbonyl (C=O) groups is 1. The van der Waals surface area contributed by atoms with E-state index in [0.717, 1.165) is 37.6 Å². The van der Waals surface area contributed by atoms with E-state index >= 15 is 0 Å². The van der Waals surface area contributed by atoms with Crippen molar-refractivity contribution in [2.24, 2.45) is 5.10 Å². The van der Waals surface area contributed by atoms with Crippen molar-refractivity contribution in [1.29, 1.82) is 0 Å². The molecule has 2 aliphatic heterocycles. The molecule has 1 N–H and O–H groups in total. The monoisotopic (exact) mass is 392 g/mol. The SMILES string of the molecule is CC(CNC(=O)C1=NN(c2ccccc2)C(c2ccccc2)C1)N1CCOCC1. The van der Waals surface area contributed by atoms with E-state index in [1.165, 1.54) is 0 Å². The van der Waals surface area contributed by atoms with Crippen molar-refractivity contribution in [3.8, 4) is 0 Å². The summed E-state index contributed by atoms with van der Waals surface area (Å²) >= 11 is 0. The minimum Gasteiger partial charge on any atom is -0.379 e. The molecule has 0 radical (unpaired) electrons. The summed E-state index contributed by atoms with van der Waals surface area (Å²) in [4.78, 5) is 15.2. The van der Waals surface area contributed by atoms with Gasteiger partial charge in [-0.15, -0.1) is 0 Å². The second-order valence-corrected chi connectivity index (χ2v) is 7.56. The van der Waals surface area contributed by atoms with Crippen molar-refractivity contribution in [2.75, 3.05) is 37.9 Å². The van der Waals surface area contributed by atoms with Crippen LogP contribution in [0.15, 0.2) is 65.8 Å². The highest BCUT2D eigenvalue weighted by Gasteiger charge is 2.32. The first-order chi connectivity index (χ1) is 14.2. The summed E-state index contributed by atoms with van der Waals surface area (Å²) in [5, 5.41) is 9.77. The Morgan fingerprint density at radius 2 is 1.76 bits per heavy atom. The zero-order valence-corrected chi connectivity index (χ0v) is 16.8. The number of rotatable bonds is 6. The number of nitrogens with one attached hydrogen (secondary N) is 1. The molecule has 2 heterocycles. The van der Waals surface area contributed by atoms with Gasteiger partial charge >= 0.3 is 0 Å². The molecule has 29 heavy (non-hydrogen) atoms. The highest BCUT2D eigenvalue weighted by Crippen LogP contribution is 2.34. The first-order valence-corrected chi connectivity index (χ1v) is 10.3. The molecule has 0 bridgehead atoms. The maximum atomic E-state index is 12.9. The zero-order valence-electron chi connectivity index (χ0n) is 16.8. The average Bonchev–Trinajstić information content (AvgIpc) is 3.25. The molecule has 2 aromatic rings. The summed E-state index contributed by atoms with van der Waals surface area (Å²) in [6.45, 7) is 6.10. The number of hydrazone groups is 1. The van der Waals surface area contributed by atoms with Gasteiger partial charge in [-0.25, -0.2) is 0 Å². The number of para-hydroxylation sites is 1. The Kier molecular flexibility index (Phi) is 6.22. The number of hydrogen-bond donors (Lipinski definition) is 1. The van der Waals surface area contributed by atoms with Crippen molar-refractivity contribution in [3.05, 3.63) is 66.2 Å². The van der Waals surface area contributed by atoms with Gasteiger partial charge in [-0.2, -0.15) is 5.10 Å². The predicted octanol–water partition coefficient (Wildman–Crippen LogP) is 2.83. The fourth-order valence-corrected chi connectivity index (χ4v) is 3.89. The summed E-state index contributed by atoms with van der Waals surface area (Å²) < 4.78 is 5.41. The first-order valence-electron chi connectivity index (χ1n) is 10.3. The molecule has 2 aromatic carbocycles. The number of benzene rings is 2. The number of carbonyl (C=O) groups excluding carboxylic acids is 1. The Labute approximate surface area is 172 Å². The normalized spacial score (nSPS) is 20.9. The second-order valence-electron chi connectivity index (χ2n) is 7.56. The highest BCUT2D eigenvalue weighted by molar-refractivity contribution is 6.39. The van der Waals surface area contributed by atoms with E-state index < -0.39 is 0 Å². The molecule has 0 aliphatic carbocycles. The largest absolute Gasteiger partial charge is 0.379 e. The minimum absolute atomic E-state index is 0.0241. The van der Waals surface area contributed by atoms with Crippen LogP contribution in [0.5, 0.6) is 0 Å². The molecule has 1 fully saturated rings. The van der Waals surface area contributed by atoms with Gasteiger partial charge in [-0.05, 0) is 24.6 Å². The average molecular weight is 393 g/mol. The van der Waals surface area contributed by atoms with Crippen LogP contribution in [0, 0.1) is 0 Å². The smallest absolute Gasteiger partial charge is 0.267 e. The summed E-state index contributed by atoms with van der Waals surface area (Å²) in [5.41, 5.74) is 2.73. The first kappa shape index (κ1) is 19.6. The maximum absolute atomic E-state index is 12.9. The molecular weight excluding hydrogens is 364 g/mol. The minimum atomic E-state index is -0.0792. The number of ether oxygens (including phenoxy) is 1. The highest BCUT2D eigenvalue weighted by atomic mass is 16.5. The van der Waals surface area contributed by atoms with Gasteiger partial charge in [0.2, 0.25) is 0 Å². The Morgan fingerprint density at radius 3 is 2.45 bits per heavy atom. The van der Waals surface area contributed by atoms with Gasteiger partial charge in [0.15, 0.2) is 0 Å². The Balaban J connectivity index is 1.45. The molecule has 1 saturated heterocycles. The summed E-state index contributed by atoms with van der Waals surface area (Å²) in [6, 6.07) is 20.6. The van der Waals surface area contributed by atoms with Crippen LogP contribution in [0.4, 0.5) is 5.69 Å². The van der Waals surface area contributed by atoms with Crippen LogP contribution in [0.2, 0.25) is 0 Å². The molecule has 6 heteroatoms. The third-order valence-electron chi connectivity index (χ3n) is 5.60. The number of hydrogen-bond acceptors (Lipinski definition) is 5. The molecule has 2 aliphatic rings. The molecule has 6 nitrogen and oxygen atoms in total. The summed E-state index contributed by atoms with van der Waals surface area (Å²) in [7, 11) is 0. The predicted molar refractivity (Wildman–Crippen MR) is 115 cm³/mol. The molecule has 0 aromatic heterocycles. The fourth-order valence-electron chi connectivity index (χ4n) is 3.89. The van der Waals surface area contributed by atoms with Crippen molar-refractivity contribution in [1.82, 2.24) is 10.2 Å². The topological polar surface area (TPSA) is 57.2 Å². The lowest BCUT2D eigenvalue weighted by Gasteiger charge is -2.32. The molecule has 1 amide bonds. The molecule has 0 spiro atoms. The third kappa shape index (κ3) is 4.66. The number of anilines is 1. The Bertz CT molecular complexity index is 834. The van der Waals surface area contributed by atoms with E-state index in [-0.39, 0.29) is 18.0 Å². The molecule has 4 rings (SSSR count). The van der Waals surface area contributed by atoms with Crippen LogP contribution in [0.3, 0.4) is 0 Å². The van der Waals surface area contributed by atoms with Gasteiger partial charge in [0.1, 0.15) is 5.71 Å². The van der Waals surface area contributed by atoms with Crippen LogP contribution in [-0.4, -0.2) is 55.4 Å². The number of nitrogens with zero attached hydrogens (tertiary/aromatic N) is 3. The van der Waals surface area contributed by atoms with Crippen LogP contribution >= 0.6 is 0 Å². The van der Waals surface area contributed by atoms with Gasteiger partial charge < -0.3 is 10.1 Å². The van der Waals surface area contributed by atoms with Crippen molar-refractivity contribution in [3.63, 3.8) is 0 Å². The van der Waals surface area contributed by atoms with Gasteiger partial charge in [0.05, 0.1) is 24.9 Å². The maximum Gasteiger partial charge on any atom is 0.267 e. The van der Waals surface area contributed by atoms with Crippen LogP contribution in [0.1, 0.15) is 24.9 Å². The molecule has 2 atom stereocenters. The van der Waals surface area contributed by atoms with Crippen molar-refractivity contribution >= 4 is 17.3 Å². The van der Waals surface area contributed by atoms with Gasteiger partial charge in [-0.1, -0.05) is 48.5 Å². The lowest BCUT2D eigenvalue weighted by molar-refractivity contribution is -0.115. The fraction of sp³-hybridized carbons (Fsp3) is 0.391. The Hall–Kier alpha value is -2.70. The van der Waals surface area contributed by atoms with E-state index in [9.17, 15) is 4.79 Å². The van der Waals surface area contributed by atoms with E-state index in [1.807, 2.05) is 53.5 Å². The zero-order chi connectivity index (χ0) is 20.1. The summed E-state index contributed by atoms with van der Waals surface area (Å²) in [6.07, 6.45) is 0.594. The standard InChI is InChI=1S/C23H28N4O2/c1-18(26-12-14-29-15-13-26)17-24-23(28)21-16-22(19-8-4-2-5-9-19)27(25-21)20-10-6-3-7-11-20/h2-11,18,22H,12-17H2,1H3,(H,24,28). The van der Waals surface area contributed by atoms with Crippen molar-refractivity contribution < 1.29 is 9.53 Å². The van der Waals surface area contributed by atoms with E-state index in [1.54, 1.807) is 0 Å². The van der Waals surface area contributed by atoms with Crippen molar-refractivity contribution in [2.45, 2.75) is 25.4 Å². The van der Waals surface area contributed by atoms with Crippen LogP contribution in [0.25, 0.3) is 0 Å². The van der Waals surface area contributed by atoms with Crippen LogP contribution < -0.4 is 10.3 Å². The molecule has 0 saturated carbocycles.